The molecule has 3 rings (SSSR count). The number of rotatable bonds is 6. The monoisotopic (exact) mass is 390 g/mol. The third kappa shape index (κ3) is 5.29. The number of ether oxygens (including phenoxy) is 1. The van der Waals surface area contributed by atoms with Gasteiger partial charge in [0.25, 0.3) is 11.8 Å². The molecule has 0 fully saturated rings. The van der Waals surface area contributed by atoms with Gasteiger partial charge in [-0.3, -0.25) is 9.59 Å². The maximum absolute atomic E-state index is 13.2. The maximum atomic E-state index is 13.2. The summed E-state index contributed by atoms with van der Waals surface area (Å²) in [6, 6.07) is 21.0. The molecular weight excluding hydrogens is 371 g/mol. The summed E-state index contributed by atoms with van der Waals surface area (Å²) in [5.74, 6) is -0.885. The van der Waals surface area contributed by atoms with Crippen molar-refractivity contribution < 1.29 is 18.7 Å². The molecule has 0 saturated carbocycles. The quantitative estimate of drug-likeness (QED) is 0.619. The zero-order valence-corrected chi connectivity index (χ0v) is 15.7. The molecule has 0 aliphatic rings. The Morgan fingerprint density at radius 1 is 0.897 bits per heavy atom. The van der Waals surface area contributed by atoms with Gasteiger partial charge in [0.05, 0.1) is 12.8 Å². The van der Waals surface area contributed by atoms with E-state index in [2.05, 4.69) is 10.6 Å². The third-order valence-electron chi connectivity index (χ3n) is 4.06. The number of carbonyl (C=O) groups is 2. The summed E-state index contributed by atoms with van der Waals surface area (Å²) in [5.41, 5.74) is 1.43. The molecule has 0 aromatic heterocycles. The first kappa shape index (κ1) is 19.8. The topological polar surface area (TPSA) is 67.4 Å². The first-order valence-corrected chi connectivity index (χ1v) is 8.85. The normalized spacial score (nSPS) is 10.9. The van der Waals surface area contributed by atoms with Gasteiger partial charge in [-0.25, -0.2) is 4.39 Å². The van der Waals surface area contributed by atoms with Gasteiger partial charge in [-0.05, 0) is 48.0 Å². The third-order valence-corrected chi connectivity index (χ3v) is 4.06. The highest BCUT2D eigenvalue weighted by atomic mass is 19.1. The van der Waals surface area contributed by atoms with Crippen molar-refractivity contribution in [1.82, 2.24) is 5.32 Å². The van der Waals surface area contributed by atoms with Crippen LogP contribution in [0.15, 0.2) is 84.6 Å². The van der Waals surface area contributed by atoms with Crippen molar-refractivity contribution in [3.8, 4) is 5.75 Å². The fraction of sp³-hybridized carbons (Fsp3) is 0.0435. The minimum Gasteiger partial charge on any atom is -0.495 e. The number of halogens is 1. The van der Waals surface area contributed by atoms with Gasteiger partial charge in [-0.1, -0.05) is 42.5 Å². The van der Waals surface area contributed by atoms with E-state index < -0.39 is 17.6 Å². The van der Waals surface area contributed by atoms with Crippen molar-refractivity contribution in [2.24, 2.45) is 0 Å². The highest BCUT2D eigenvalue weighted by Crippen LogP contribution is 2.23. The molecule has 6 heteroatoms. The van der Waals surface area contributed by atoms with Gasteiger partial charge < -0.3 is 15.4 Å². The Balaban J connectivity index is 1.90. The van der Waals surface area contributed by atoms with E-state index in [0.29, 0.717) is 22.6 Å². The highest BCUT2D eigenvalue weighted by molar-refractivity contribution is 6.11. The minimum atomic E-state index is -0.539. The lowest BCUT2D eigenvalue weighted by Gasteiger charge is -2.13. The Bertz CT molecular complexity index is 1030. The van der Waals surface area contributed by atoms with Crippen molar-refractivity contribution in [3.05, 3.63) is 102 Å². The van der Waals surface area contributed by atoms with Crippen LogP contribution in [-0.2, 0) is 4.79 Å². The van der Waals surface area contributed by atoms with Gasteiger partial charge >= 0.3 is 0 Å². The van der Waals surface area contributed by atoms with Gasteiger partial charge in [0.2, 0.25) is 0 Å². The number of carbonyl (C=O) groups excluding carboxylic acids is 2. The Morgan fingerprint density at radius 3 is 2.24 bits per heavy atom. The molecule has 3 aromatic carbocycles. The lowest BCUT2D eigenvalue weighted by Crippen LogP contribution is -2.30. The van der Waals surface area contributed by atoms with E-state index in [-0.39, 0.29) is 5.70 Å². The number of para-hydroxylation sites is 2. The SMILES string of the molecule is COc1ccccc1NC(=O)C(=Cc1ccc(F)cc1)NC(=O)c1ccccc1. The van der Waals surface area contributed by atoms with Gasteiger partial charge in [-0.15, -0.1) is 0 Å². The largest absolute Gasteiger partial charge is 0.495 e. The van der Waals surface area contributed by atoms with Crippen LogP contribution in [0.2, 0.25) is 0 Å². The van der Waals surface area contributed by atoms with Crippen LogP contribution in [0.3, 0.4) is 0 Å². The Labute approximate surface area is 167 Å². The summed E-state index contributed by atoms with van der Waals surface area (Å²) >= 11 is 0. The van der Waals surface area contributed by atoms with E-state index in [4.69, 9.17) is 4.74 Å². The maximum Gasteiger partial charge on any atom is 0.272 e. The number of hydrogen-bond acceptors (Lipinski definition) is 3. The molecule has 0 bridgehead atoms. The molecule has 0 atom stereocenters. The van der Waals surface area contributed by atoms with Crippen LogP contribution in [-0.4, -0.2) is 18.9 Å². The summed E-state index contributed by atoms with van der Waals surface area (Å²) in [5, 5.41) is 5.36. The lowest BCUT2D eigenvalue weighted by molar-refractivity contribution is -0.113. The summed E-state index contributed by atoms with van der Waals surface area (Å²) in [6.45, 7) is 0. The zero-order chi connectivity index (χ0) is 20.6. The average Bonchev–Trinajstić information content (AvgIpc) is 2.75. The molecule has 146 valence electrons. The van der Waals surface area contributed by atoms with Crippen LogP contribution >= 0.6 is 0 Å². The van der Waals surface area contributed by atoms with Gasteiger partial charge in [0.1, 0.15) is 17.3 Å². The summed E-state index contributed by atoms with van der Waals surface area (Å²) < 4.78 is 18.4. The van der Waals surface area contributed by atoms with E-state index in [1.54, 1.807) is 54.6 Å². The smallest absolute Gasteiger partial charge is 0.272 e. The first-order chi connectivity index (χ1) is 14.1. The summed E-state index contributed by atoms with van der Waals surface area (Å²) in [4.78, 5) is 25.5. The van der Waals surface area contributed by atoms with Gasteiger partial charge in [-0.2, -0.15) is 0 Å². The number of nitrogens with one attached hydrogen (secondary N) is 2. The van der Waals surface area contributed by atoms with Crippen molar-refractivity contribution in [2.45, 2.75) is 0 Å². The second kappa shape index (κ2) is 9.32. The second-order valence-corrected chi connectivity index (χ2v) is 6.08. The molecule has 0 unspecified atom stereocenters. The van der Waals surface area contributed by atoms with E-state index in [1.807, 2.05) is 0 Å². The molecule has 0 aliphatic heterocycles. The molecule has 29 heavy (non-hydrogen) atoms. The van der Waals surface area contributed by atoms with Crippen molar-refractivity contribution in [2.75, 3.05) is 12.4 Å². The fourth-order valence-corrected chi connectivity index (χ4v) is 2.61. The van der Waals surface area contributed by atoms with Gasteiger partial charge in [0, 0.05) is 5.56 Å². The summed E-state index contributed by atoms with van der Waals surface area (Å²) in [6.07, 6.45) is 1.48. The molecule has 2 N–H and O–H groups in total. The standard InChI is InChI=1S/C23H19FN2O3/c1-29-21-10-6-5-9-19(21)25-23(28)20(15-16-11-13-18(24)14-12-16)26-22(27)17-7-3-2-4-8-17/h2-15H,1H3,(H,25,28)(H,26,27). The van der Waals surface area contributed by atoms with E-state index in [0.717, 1.165) is 0 Å². The highest BCUT2D eigenvalue weighted by Gasteiger charge is 2.16. The van der Waals surface area contributed by atoms with E-state index in [9.17, 15) is 14.0 Å². The predicted octanol–water partition coefficient (Wildman–Crippen LogP) is 4.24. The molecule has 5 nitrogen and oxygen atoms in total. The first-order valence-electron chi connectivity index (χ1n) is 8.85. The molecule has 0 heterocycles. The van der Waals surface area contributed by atoms with Crippen LogP contribution in [0.1, 0.15) is 15.9 Å². The average molecular weight is 390 g/mol. The second-order valence-electron chi connectivity index (χ2n) is 6.08. The van der Waals surface area contributed by atoms with E-state index >= 15 is 0 Å². The van der Waals surface area contributed by atoms with Crippen LogP contribution in [0.5, 0.6) is 5.75 Å². The molecule has 2 amide bonds. The molecule has 3 aromatic rings. The Hall–Kier alpha value is -3.93. The molecule has 0 radical (unpaired) electrons. The number of hydrogen-bond donors (Lipinski definition) is 2. The molecule has 0 saturated heterocycles. The van der Waals surface area contributed by atoms with Crippen molar-refractivity contribution >= 4 is 23.6 Å². The van der Waals surface area contributed by atoms with Crippen LogP contribution in [0, 0.1) is 5.82 Å². The van der Waals surface area contributed by atoms with Crippen LogP contribution in [0.25, 0.3) is 6.08 Å². The fourth-order valence-electron chi connectivity index (χ4n) is 2.61. The number of amides is 2. The van der Waals surface area contributed by atoms with Crippen LogP contribution < -0.4 is 15.4 Å². The van der Waals surface area contributed by atoms with Crippen molar-refractivity contribution in [1.29, 1.82) is 0 Å². The summed E-state index contributed by atoms with van der Waals surface area (Å²) in [7, 11) is 1.50. The number of anilines is 1. The Kier molecular flexibility index (Phi) is 6.37. The lowest BCUT2D eigenvalue weighted by atomic mass is 10.1. The molecule has 0 aliphatic carbocycles. The molecule has 0 spiro atoms. The van der Waals surface area contributed by atoms with Crippen LogP contribution in [0.4, 0.5) is 10.1 Å². The van der Waals surface area contributed by atoms with Gasteiger partial charge in [0.15, 0.2) is 0 Å². The van der Waals surface area contributed by atoms with Crippen molar-refractivity contribution in [3.63, 3.8) is 0 Å². The predicted molar refractivity (Wildman–Crippen MR) is 110 cm³/mol. The zero-order valence-electron chi connectivity index (χ0n) is 15.7. The molecular formula is C23H19FN2O3. The number of methoxy groups -OCH3 is 1. The Morgan fingerprint density at radius 2 is 1.55 bits per heavy atom. The number of benzene rings is 3. The van der Waals surface area contributed by atoms with E-state index in [1.165, 1.54) is 37.5 Å². The minimum absolute atomic E-state index is 0.0105.